The molecule has 1 aromatic carbocycles. The number of hydrogen-bond donors (Lipinski definition) is 0. The lowest BCUT2D eigenvalue weighted by Crippen LogP contribution is -1.92. The maximum atomic E-state index is 10.5. The molecule has 2 aromatic rings. The fourth-order valence-corrected chi connectivity index (χ4v) is 1.73. The maximum absolute atomic E-state index is 10.5. The first-order valence-corrected chi connectivity index (χ1v) is 5.54. The lowest BCUT2D eigenvalue weighted by Gasteiger charge is -1.96. The second-order valence-electron chi connectivity index (χ2n) is 3.88. The van der Waals surface area contributed by atoms with E-state index in [0.717, 1.165) is 5.56 Å². The van der Waals surface area contributed by atoms with Gasteiger partial charge >= 0.3 is 5.88 Å². The predicted molar refractivity (Wildman–Crippen MR) is 66.9 cm³/mol. The summed E-state index contributed by atoms with van der Waals surface area (Å²) in [6.07, 6.45) is 3.44. The summed E-state index contributed by atoms with van der Waals surface area (Å²) in [7, 11) is 0. The van der Waals surface area contributed by atoms with Crippen LogP contribution >= 0.6 is 0 Å². The van der Waals surface area contributed by atoms with Gasteiger partial charge in [0.25, 0.3) is 0 Å². The van der Waals surface area contributed by atoms with Crippen LogP contribution in [0.15, 0.2) is 34.7 Å². The minimum absolute atomic E-state index is 0.229. The molecule has 0 atom stereocenters. The number of ether oxygens (including phenoxy) is 2. The van der Waals surface area contributed by atoms with E-state index in [0.29, 0.717) is 17.3 Å². The molecule has 0 saturated carbocycles. The van der Waals surface area contributed by atoms with E-state index >= 15 is 0 Å². The third-order valence-corrected chi connectivity index (χ3v) is 2.63. The van der Waals surface area contributed by atoms with E-state index in [9.17, 15) is 10.1 Å². The van der Waals surface area contributed by atoms with Crippen LogP contribution in [0.5, 0.6) is 11.5 Å². The van der Waals surface area contributed by atoms with Crippen LogP contribution in [-0.4, -0.2) is 11.7 Å². The van der Waals surface area contributed by atoms with Crippen LogP contribution < -0.4 is 9.47 Å². The van der Waals surface area contributed by atoms with Gasteiger partial charge in [0, 0.05) is 0 Å². The summed E-state index contributed by atoms with van der Waals surface area (Å²) < 4.78 is 15.5. The predicted octanol–water partition coefficient (Wildman–Crippen LogP) is 3.09. The van der Waals surface area contributed by atoms with Gasteiger partial charge in [0.1, 0.15) is 10.7 Å². The Balaban J connectivity index is 1.80. The van der Waals surface area contributed by atoms with Crippen LogP contribution in [0.2, 0.25) is 0 Å². The van der Waals surface area contributed by atoms with Crippen molar-refractivity contribution in [3.05, 3.63) is 51.8 Å². The molecule has 0 amide bonds. The Hall–Kier alpha value is -2.76. The standard InChI is InChI=1S/C13H9NO5/c15-14(16)13-6-4-10(19-13)3-1-9-2-5-11-12(7-9)18-8-17-11/h1-7H,8H2/b3-1+. The summed E-state index contributed by atoms with van der Waals surface area (Å²) in [5.41, 5.74) is 0.892. The Morgan fingerprint density at radius 3 is 2.74 bits per heavy atom. The molecule has 1 aromatic heterocycles. The molecular formula is C13H9NO5. The molecule has 1 aliphatic heterocycles. The number of hydrogen-bond acceptors (Lipinski definition) is 5. The highest BCUT2D eigenvalue weighted by molar-refractivity contribution is 5.69. The van der Waals surface area contributed by atoms with Gasteiger partial charge in [-0.15, -0.1) is 0 Å². The highest BCUT2D eigenvalue weighted by atomic mass is 16.7. The Morgan fingerprint density at radius 2 is 1.95 bits per heavy atom. The molecule has 3 rings (SSSR count). The minimum Gasteiger partial charge on any atom is -0.454 e. The van der Waals surface area contributed by atoms with Crippen molar-refractivity contribution in [1.29, 1.82) is 0 Å². The second-order valence-corrected chi connectivity index (χ2v) is 3.88. The summed E-state index contributed by atoms with van der Waals surface area (Å²) in [4.78, 5) is 9.90. The first-order valence-electron chi connectivity index (χ1n) is 5.54. The second kappa shape index (κ2) is 4.49. The van der Waals surface area contributed by atoms with E-state index in [2.05, 4.69) is 0 Å². The van der Waals surface area contributed by atoms with Crippen LogP contribution in [0.4, 0.5) is 5.88 Å². The summed E-state index contributed by atoms with van der Waals surface area (Å²) in [5, 5.41) is 10.5. The largest absolute Gasteiger partial charge is 0.454 e. The molecule has 19 heavy (non-hydrogen) atoms. The smallest absolute Gasteiger partial charge is 0.433 e. The Morgan fingerprint density at radius 1 is 1.11 bits per heavy atom. The molecule has 0 radical (unpaired) electrons. The topological polar surface area (TPSA) is 74.7 Å². The zero-order valence-electron chi connectivity index (χ0n) is 9.74. The Kier molecular flexibility index (Phi) is 2.68. The normalized spacial score (nSPS) is 13.1. The molecule has 0 bridgehead atoms. The number of fused-ring (bicyclic) bond motifs is 1. The lowest BCUT2D eigenvalue weighted by atomic mass is 10.2. The molecule has 96 valence electrons. The quantitative estimate of drug-likeness (QED) is 0.625. The average molecular weight is 259 g/mol. The molecule has 6 nitrogen and oxygen atoms in total. The molecule has 0 N–H and O–H groups in total. The van der Waals surface area contributed by atoms with Gasteiger partial charge in [-0.05, 0) is 29.8 Å². The van der Waals surface area contributed by atoms with Crippen molar-refractivity contribution in [3.8, 4) is 11.5 Å². The first kappa shape index (κ1) is 11.3. The molecule has 0 spiro atoms. The van der Waals surface area contributed by atoms with Crippen LogP contribution in [0.1, 0.15) is 11.3 Å². The summed E-state index contributed by atoms with van der Waals surface area (Å²) in [6, 6.07) is 8.37. The zero-order chi connectivity index (χ0) is 13.2. The summed E-state index contributed by atoms with van der Waals surface area (Å²) in [5.74, 6) is 1.55. The van der Waals surface area contributed by atoms with E-state index < -0.39 is 4.92 Å². The van der Waals surface area contributed by atoms with Crippen molar-refractivity contribution in [2.75, 3.05) is 6.79 Å². The number of furan rings is 1. The molecule has 6 heteroatoms. The summed E-state index contributed by atoms with van der Waals surface area (Å²) >= 11 is 0. The van der Waals surface area contributed by atoms with E-state index in [1.165, 1.54) is 6.07 Å². The van der Waals surface area contributed by atoms with E-state index in [4.69, 9.17) is 13.9 Å². The van der Waals surface area contributed by atoms with Crippen molar-refractivity contribution in [1.82, 2.24) is 0 Å². The van der Waals surface area contributed by atoms with Gasteiger partial charge in [0.05, 0.1) is 6.07 Å². The SMILES string of the molecule is O=[N+]([O-])c1ccc(/C=C/c2ccc3c(c2)OCO3)o1. The van der Waals surface area contributed by atoms with Crippen molar-refractivity contribution in [3.63, 3.8) is 0 Å². The zero-order valence-corrected chi connectivity index (χ0v) is 9.74. The molecule has 0 aliphatic carbocycles. The number of nitro groups is 1. The van der Waals surface area contributed by atoms with Gasteiger partial charge in [0.2, 0.25) is 6.79 Å². The highest BCUT2D eigenvalue weighted by Gasteiger charge is 2.12. The molecule has 0 fully saturated rings. The van der Waals surface area contributed by atoms with Gasteiger partial charge in [-0.25, -0.2) is 0 Å². The fraction of sp³-hybridized carbons (Fsp3) is 0.0769. The third-order valence-electron chi connectivity index (χ3n) is 2.63. The van der Waals surface area contributed by atoms with Crippen molar-refractivity contribution < 1.29 is 18.8 Å². The monoisotopic (exact) mass is 259 g/mol. The van der Waals surface area contributed by atoms with Gasteiger partial charge in [-0.3, -0.25) is 10.1 Å². The first-order chi connectivity index (χ1) is 9.22. The molecule has 2 heterocycles. The van der Waals surface area contributed by atoms with Crippen molar-refractivity contribution in [2.45, 2.75) is 0 Å². The number of benzene rings is 1. The van der Waals surface area contributed by atoms with E-state index in [-0.39, 0.29) is 12.7 Å². The number of rotatable bonds is 3. The van der Waals surface area contributed by atoms with Gasteiger partial charge < -0.3 is 13.9 Å². The Labute approximate surface area is 108 Å². The molecule has 0 unspecified atom stereocenters. The number of nitrogens with zero attached hydrogens (tertiary/aromatic N) is 1. The van der Waals surface area contributed by atoms with Crippen LogP contribution in [-0.2, 0) is 0 Å². The third kappa shape index (κ3) is 2.28. The van der Waals surface area contributed by atoms with Crippen LogP contribution in [0.25, 0.3) is 12.2 Å². The molecule has 1 aliphatic rings. The van der Waals surface area contributed by atoms with Crippen molar-refractivity contribution in [2.24, 2.45) is 0 Å². The van der Waals surface area contributed by atoms with Gasteiger partial charge in [-0.1, -0.05) is 12.1 Å². The maximum Gasteiger partial charge on any atom is 0.433 e. The Bertz CT molecular complexity index is 659. The minimum atomic E-state index is -0.572. The molecular weight excluding hydrogens is 250 g/mol. The fourth-order valence-electron chi connectivity index (χ4n) is 1.73. The lowest BCUT2D eigenvalue weighted by molar-refractivity contribution is -0.402. The van der Waals surface area contributed by atoms with E-state index in [1.54, 1.807) is 18.2 Å². The highest BCUT2D eigenvalue weighted by Crippen LogP contribution is 2.33. The van der Waals surface area contributed by atoms with Crippen LogP contribution in [0, 0.1) is 10.1 Å². The van der Waals surface area contributed by atoms with Crippen molar-refractivity contribution >= 4 is 18.0 Å². The van der Waals surface area contributed by atoms with E-state index in [1.807, 2.05) is 18.2 Å². The average Bonchev–Trinajstić information content (AvgIpc) is 3.04. The van der Waals surface area contributed by atoms with Gasteiger partial charge in [-0.2, -0.15) is 0 Å². The molecule has 0 saturated heterocycles. The van der Waals surface area contributed by atoms with Gasteiger partial charge in [0.15, 0.2) is 11.5 Å². The summed E-state index contributed by atoms with van der Waals surface area (Å²) in [6.45, 7) is 0.229. The van der Waals surface area contributed by atoms with Crippen LogP contribution in [0.3, 0.4) is 0 Å².